The lowest BCUT2D eigenvalue weighted by molar-refractivity contribution is 0.413. The zero-order valence-corrected chi connectivity index (χ0v) is 15.6. The molecular formula is C19H22FNO3S. The van der Waals surface area contributed by atoms with E-state index in [0.717, 1.165) is 5.75 Å². The second kappa shape index (κ2) is 8.07. The van der Waals surface area contributed by atoms with Gasteiger partial charge in [0, 0.05) is 11.8 Å². The van der Waals surface area contributed by atoms with Gasteiger partial charge in [-0.05, 0) is 67.8 Å². The Morgan fingerprint density at radius 1 is 1.08 bits per heavy atom. The normalized spacial score (nSPS) is 12.0. The van der Waals surface area contributed by atoms with Crippen molar-refractivity contribution in [3.63, 3.8) is 0 Å². The van der Waals surface area contributed by atoms with Crippen molar-refractivity contribution < 1.29 is 18.0 Å². The van der Waals surface area contributed by atoms with E-state index in [9.17, 15) is 4.39 Å². The van der Waals surface area contributed by atoms with Crippen LogP contribution in [0.4, 0.5) is 4.39 Å². The maximum atomic E-state index is 13.6. The van der Waals surface area contributed by atoms with Gasteiger partial charge in [-0.1, -0.05) is 10.3 Å². The summed E-state index contributed by atoms with van der Waals surface area (Å²) in [5.41, 5.74) is 0.490. The molecular weight excluding hydrogens is 341 g/mol. The first-order valence-corrected chi connectivity index (χ1v) is 10.3. The van der Waals surface area contributed by atoms with Crippen LogP contribution in [0, 0.1) is 5.82 Å². The van der Waals surface area contributed by atoms with Crippen LogP contribution in [0.5, 0.6) is 17.2 Å². The van der Waals surface area contributed by atoms with E-state index in [-0.39, 0.29) is 11.7 Å². The fourth-order valence-corrected chi connectivity index (χ4v) is 2.56. The van der Waals surface area contributed by atoms with Crippen LogP contribution in [0.25, 0.3) is 0 Å². The number of halogens is 1. The summed E-state index contributed by atoms with van der Waals surface area (Å²) >= 11 is 0. The van der Waals surface area contributed by atoms with Gasteiger partial charge in [-0.3, -0.25) is 0 Å². The van der Waals surface area contributed by atoms with Gasteiger partial charge in [0.05, 0.1) is 7.11 Å². The third-order valence-electron chi connectivity index (χ3n) is 2.95. The van der Waals surface area contributed by atoms with Crippen LogP contribution in [0.15, 0.2) is 59.9 Å². The molecule has 0 unspecified atom stereocenters. The molecule has 2 rings (SSSR count). The van der Waals surface area contributed by atoms with Gasteiger partial charge in [-0.2, -0.15) is 0 Å². The highest BCUT2D eigenvalue weighted by Crippen LogP contribution is 2.38. The zero-order chi connectivity index (χ0) is 18.4. The van der Waals surface area contributed by atoms with Crippen LogP contribution in [0.2, 0.25) is 0 Å². The van der Waals surface area contributed by atoms with E-state index in [0.29, 0.717) is 17.1 Å². The van der Waals surface area contributed by atoms with E-state index in [1.165, 1.54) is 18.3 Å². The van der Waals surface area contributed by atoms with E-state index >= 15 is 0 Å². The van der Waals surface area contributed by atoms with E-state index in [2.05, 4.69) is 11.6 Å². The van der Waals surface area contributed by atoms with Crippen molar-refractivity contribution in [2.45, 2.75) is 0 Å². The van der Waals surface area contributed by atoms with Crippen LogP contribution in [-0.4, -0.2) is 32.1 Å². The summed E-state index contributed by atoms with van der Waals surface area (Å²) in [6.07, 6.45) is 7.42. The quantitative estimate of drug-likeness (QED) is 0.505. The van der Waals surface area contributed by atoms with Gasteiger partial charge in [0.2, 0.25) is 5.88 Å². The molecule has 0 radical (unpaired) electrons. The number of hydrogen-bond acceptors (Lipinski definition) is 4. The summed E-state index contributed by atoms with van der Waals surface area (Å²) < 4.78 is 30.1. The molecule has 134 valence electrons. The van der Waals surface area contributed by atoms with Crippen molar-refractivity contribution in [3.05, 3.63) is 66.3 Å². The molecule has 0 heterocycles. The predicted octanol–water partition coefficient (Wildman–Crippen LogP) is 5.14. The first kappa shape index (κ1) is 18.9. The summed E-state index contributed by atoms with van der Waals surface area (Å²) in [6.45, 7) is 3.76. The maximum Gasteiger partial charge on any atom is 0.217 e. The molecule has 2 aromatic rings. The van der Waals surface area contributed by atoms with Crippen LogP contribution in [0.1, 0.15) is 5.56 Å². The van der Waals surface area contributed by atoms with Crippen molar-refractivity contribution >= 4 is 16.5 Å². The van der Waals surface area contributed by atoms with Gasteiger partial charge in [0.25, 0.3) is 0 Å². The molecule has 25 heavy (non-hydrogen) atoms. The smallest absolute Gasteiger partial charge is 0.217 e. The van der Waals surface area contributed by atoms with Crippen molar-refractivity contribution in [1.29, 1.82) is 0 Å². The Labute approximate surface area is 149 Å². The molecule has 0 aliphatic heterocycles. The second-order valence-electron chi connectivity index (χ2n) is 5.92. The Morgan fingerprint density at radius 3 is 2.32 bits per heavy atom. The molecule has 0 atom stereocenters. The molecule has 0 fully saturated rings. The van der Waals surface area contributed by atoms with Crippen molar-refractivity contribution in [3.8, 4) is 17.2 Å². The Morgan fingerprint density at radius 2 is 1.72 bits per heavy atom. The average molecular weight is 363 g/mol. The van der Waals surface area contributed by atoms with Crippen LogP contribution >= 0.6 is 10.3 Å². The molecule has 0 amide bonds. The van der Waals surface area contributed by atoms with Crippen LogP contribution in [-0.2, 0) is 4.18 Å². The highest BCUT2D eigenvalue weighted by molar-refractivity contribution is 8.28. The fraction of sp³-hybridized carbons (Fsp3) is 0.211. The number of hydrogen-bond donors (Lipinski definition) is 0. The van der Waals surface area contributed by atoms with Crippen molar-refractivity contribution in [1.82, 2.24) is 0 Å². The molecule has 0 bridgehead atoms. The third-order valence-corrected chi connectivity index (χ3v) is 3.65. The highest BCUT2D eigenvalue weighted by Gasteiger charge is 2.08. The number of rotatable bonds is 7. The second-order valence-corrected chi connectivity index (χ2v) is 9.54. The van der Waals surface area contributed by atoms with Crippen LogP contribution < -0.4 is 9.47 Å². The van der Waals surface area contributed by atoms with E-state index in [1.54, 1.807) is 37.4 Å². The van der Waals surface area contributed by atoms with Gasteiger partial charge < -0.3 is 13.7 Å². The summed E-state index contributed by atoms with van der Waals surface area (Å²) in [5.74, 6) is 1.72. The predicted molar refractivity (Wildman–Crippen MR) is 103 cm³/mol. The van der Waals surface area contributed by atoms with E-state index in [4.69, 9.17) is 13.7 Å². The summed E-state index contributed by atoms with van der Waals surface area (Å²) in [7, 11) is 0.364. The number of benzene rings is 2. The molecule has 4 nitrogen and oxygen atoms in total. The zero-order valence-electron chi connectivity index (χ0n) is 14.8. The summed E-state index contributed by atoms with van der Waals surface area (Å²) in [4.78, 5) is 4.16. The topological polar surface area (TPSA) is 40.0 Å². The van der Waals surface area contributed by atoms with Gasteiger partial charge in [0.1, 0.15) is 23.1 Å². The van der Waals surface area contributed by atoms with E-state index < -0.39 is 10.3 Å². The molecule has 0 aromatic heterocycles. The number of methoxy groups -OCH3 is 1. The van der Waals surface area contributed by atoms with Gasteiger partial charge in [-0.25, -0.2) is 9.38 Å². The lowest BCUT2D eigenvalue weighted by Crippen LogP contribution is -1.97. The molecule has 0 N–H and O–H groups in total. The molecule has 0 saturated heterocycles. The Hall–Kier alpha value is -2.47. The van der Waals surface area contributed by atoms with Gasteiger partial charge >= 0.3 is 0 Å². The molecule has 2 aromatic carbocycles. The maximum absolute atomic E-state index is 13.6. The first-order chi connectivity index (χ1) is 11.8. The molecule has 6 heteroatoms. The largest absolute Gasteiger partial charge is 0.497 e. The SMILES string of the molecule is C=C(/N=C/c1cc(F)ccc1Oc1ccc(OC)cc1)OS(C)(C)C. The van der Waals surface area contributed by atoms with Gasteiger partial charge in [-0.15, -0.1) is 0 Å². The standard InChI is InChI=1S/C19H22FNO3S/c1-14(24-25(3,4)5)21-13-15-12-16(20)6-11-19(15)23-18-9-7-17(22-2)8-10-18/h6-13H,1H2,2-5H3/b21-13+. The number of ether oxygens (including phenoxy) is 2. The number of aliphatic imine (C=N–C) groups is 1. The number of nitrogens with zero attached hydrogens (tertiary/aromatic N) is 1. The summed E-state index contributed by atoms with van der Waals surface area (Å²) in [5, 5.41) is 0. The minimum absolute atomic E-state index is 0.280. The van der Waals surface area contributed by atoms with Gasteiger partial charge in [0.15, 0.2) is 0 Å². The third kappa shape index (κ3) is 6.15. The molecule has 0 aliphatic carbocycles. The monoisotopic (exact) mass is 363 g/mol. The van der Waals surface area contributed by atoms with Crippen molar-refractivity contribution in [2.75, 3.05) is 25.9 Å². The highest BCUT2D eigenvalue weighted by atomic mass is 32.3. The average Bonchev–Trinajstić information content (AvgIpc) is 2.54. The lowest BCUT2D eigenvalue weighted by atomic mass is 10.2. The molecule has 0 aliphatic rings. The Balaban J connectivity index is 2.20. The fourth-order valence-electron chi connectivity index (χ4n) is 1.94. The minimum Gasteiger partial charge on any atom is -0.497 e. The first-order valence-electron chi connectivity index (χ1n) is 7.49. The van der Waals surface area contributed by atoms with E-state index in [1.807, 2.05) is 18.8 Å². The molecule has 0 saturated carbocycles. The Kier molecular flexibility index (Phi) is 6.09. The van der Waals surface area contributed by atoms with Crippen molar-refractivity contribution in [2.24, 2.45) is 4.99 Å². The Bertz CT molecular complexity index is 767. The minimum atomic E-state index is -1.23. The molecule has 0 spiro atoms. The summed E-state index contributed by atoms with van der Waals surface area (Å²) in [6, 6.07) is 11.4. The van der Waals surface area contributed by atoms with Crippen LogP contribution in [0.3, 0.4) is 0 Å². The lowest BCUT2D eigenvalue weighted by Gasteiger charge is -2.25.